The van der Waals surface area contributed by atoms with Crippen LogP contribution in [0.1, 0.15) is 21.0 Å². The Morgan fingerprint density at radius 2 is 1.56 bits per heavy atom. The van der Waals surface area contributed by atoms with Gasteiger partial charge in [0.2, 0.25) is 0 Å². The van der Waals surface area contributed by atoms with Gasteiger partial charge in [-0.3, -0.25) is 14.5 Å². The third-order valence-corrected chi connectivity index (χ3v) is 4.36. The standard InChI is InChI=1S/C18H21N5O4/c24-13-3-1-5-19-15(13)17(26)21-7-8-22-9-11-23(12-10-22)18(27)16-14(25)4-2-6-20-16/h1-6,24-25H,7-12H2,(H,21,26). The fraction of sp³-hybridized carbons (Fsp3) is 0.333. The Labute approximate surface area is 156 Å². The van der Waals surface area contributed by atoms with Gasteiger partial charge in [-0.1, -0.05) is 0 Å². The minimum atomic E-state index is -0.424. The van der Waals surface area contributed by atoms with E-state index in [1.54, 1.807) is 17.0 Å². The summed E-state index contributed by atoms with van der Waals surface area (Å²) >= 11 is 0. The van der Waals surface area contributed by atoms with Crippen LogP contribution in [0.4, 0.5) is 0 Å². The monoisotopic (exact) mass is 371 g/mol. The minimum Gasteiger partial charge on any atom is -0.505 e. The van der Waals surface area contributed by atoms with Crippen LogP contribution in [0.25, 0.3) is 0 Å². The highest BCUT2D eigenvalue weighted by Crippen LogP contribution is 2.16. The van der Waals surface area contributed by atoms with Gasteiger partial charge in [0.05, 0.1) is 0 Å². The highest BCUT2D eigenvalue weighted by Gasteiger charge is 2.24. The van der Waals surface area contributed by atoms with E-state index >= 15 is 0 Å². The zero-order chi connectivity index (χ0) is 19.2. The van der Waals surface area contributed by atoms with Crippen LogP contribution in [-0.4, -0.2) is 81.1 Å². The van der Waals surface area contributed by atoms with Gasteiger partial charge in [0.15, 0.2) is 11.4 Å². The topological polar surface area (TPSA) is 119 Å². The number of aromatic nitrogens is 2. The molecule has 3 heterocycles. The van der Waals surface area contributed by atoms with Crippen molar-refractivity contribution in [2.75, 3.05) is 39.3 Å². The molecule has 2 aromatic heterocycles. The SMILES string of the molecule is O=C(NCCN1CCN(C(=O)c2ncccc2O)CC1)c1ncccc1O. The number of hydrogen-bond donors (Lipinski definition) is 3. The number of aromatic hydroxyl groups is 2. The molecule has 1 aliphatic rings. The van der Waals surface area contributed by atoms with Crippen LogP contribution in [0.15, 0.2) is 36.7 Å². The van der Waals surface area contributed by atoms with Crippen molar-refractivity contribution in [1.82, 2.24) is 25.1 Å². The molecule has 0 radical (unpaired) electrons. The molecular formula is C18H21N5O4. The van der Waals surface area contributed by atoms with Gasteiger partial charge in [0, 0.05) is 51.7 Å². The zero-order valence-electron chi connectivity index (χ0n) is 14.7. The van der Waals surface area contributed by atoms with E-state index < -0.39 is 5.91 Å². The lowest BCUT2D eigenvalue weighted by Gasteiger charge is -2.34. The highest BCUT2D eigenvalue weighted by atomic mass is 16.3. The summed E-state index contributed by atoms with van der Waals surface area (Å²) < 4.78 is 0. The Bertz CT molecular complexity index is 818. The number of pyridine rings is 2. The Hall–Kier alpha value is -3.20. The van der Waals surface area contributed by atoms with E-state index in [1.165, 1.54) is 24.5 Å². The van der Waals surface area contributed by atoms with Crippen LogP contribution < -0.4 is 5.32 Å². The average molecular weight is 371 g/mol. The first-order valence-electron chi connectivity index (χ1n) is 8.64. The minimum absolute atomic E-state index is 0.00286. The normalized spacial score (nSPS) is 14.7. The van der Waals surface area contributed by atoms with E-state index in [-0.39, 0.29) is 28.8 Å². The number of nitrogens with zero attached hydrogens (tertiary/aromatic N) is 4. The van der Waals surface area contributed by atoms with Gasteiger partial charge in [-0.15, -0.1) is 0 Å². The van der Waals surface area contributed by atoms with Crippen molar-refractivity contribution in [3.05, 3.63) is 48.0 Å². The van der Waals surface area contributed by atoms with E-state index in [0.29, 0.717) is 39.3 Å². The lowest BCUT2D eigenvalue weighted by atomic mass is 10.2. The molecule has 9 heteroatoms. The highest BCUT2D eigenvalue weighted by molar-refractivity contribution is 5.95. The largest absolute Gasteiger partial charge is 0.505 e. The van der Waals surface area contributed by atoms with Crippen molar-refractivity contribution >= 4 is 11.8 Å². The van der Waals surface area contributed by atoms with E-state index in [4.69, 9.17) is 0 Å². The molecule has 1 saturated heterocycles. The molecule has 142 valence electrons. The molecular weight excluding hydrogens is 350 g/mol. The molecule has 9 nitrogen and oxygen atoms in total. The third kappa shape index (κ3) is 4.50. The van der Waals surface area contributed by atoms with Crippen LogP contribution in [0.2, 0.25) is 0 Å². The summed E-state index contributed by atoms with van der Waals surface area (Å²) in [4.78, 5) is 36.0. The third-order valence-electron chi connectivity index (χ3n) is 4.36. The van der Waals surface area contributed by atoms with Crippen LogP contribution in [0, 0.1) is 0 Å². The van der Waals surface area contributed by atoms with E-state index in [0.717, 1.165) is 0 Å². The van der Waals surface area contributed by atoms with Gasteiger partial charge in [0.25, 0.3) is 11.8 Å². The fourth-order valence-corrected chi connectivity index (χ4v) is 2.87. The van der Waals surface area contributed by atoms with Crippen molar-refractivity contribution in [3.8, 4) is 11.5 Å². The van der Waals surface area contributed by atoms with Crippen molar-refractivity contribution in [3.63, 3.8) is 0 Å². The molecule has 1 fully saturated rings. The van der Waals surface area contributed by atoms with Gasteiger partial charge in [-0.05, 0) is 24.3 Å². The number of carbonyl (C=O) groups excluding carboxylic acids is 2. The molecule has 3 rings (SSSR count). The number of piperazine rings is 1. The molecule has 3 N–H and O–H groups in total. The maximum absolute atomic E-state index is 12.4. The summed E-state index contributed by atoms with van der Waals surface area (Å²) in [5, 5.41) is 22.1. The first-order valence-corrected chi connectivity index (χ1v) is 8.64. The molecule has 27 heavy (non-hydrogen) atoms. The average Bonchev–Trinajstić information content (AvgIpc) is 2.68. The summed E-state index contributed by atoms with van der Waals surface area (Å²) in [7, 11) is 0. The molecule has 0 spiro atoms. The second-order valence-electron chi connectivity index (χ2n) is 6.13. The van der Waals surface area contributed by atoms with E-state index in [2.05, 4.69) is 20.2 Å². The molecule has 0 saturated carbocycles. The maximum Gasteiger partial charge on any atom is 0.276 e. The summed E-state index contributed by atoms with van der Waals surface area (Å²) in [5.74, 6) is -0.982. The Morgan fingerprint density at radius 3 is 2.15 bits per heavy atom. The molecule has 1 aliphatic heterocycles. The van der Waals surface area contributed by atoms with Gasteiger partial charge in [-0.25, -0.2) is 9.97 Å². The fourth-order valence-electron chi connectivity index (χ4n) is 2.87. The van der Waals surface area contributed by atoms with E-state index in [1.807, 2.05) is 0 Å². The first-order chi connectivity index (χ1) is 13.1. The van der Waals surface area contributed by atoms with Gasteiger partial charge in [0.1, 0.15) is 11.5 Å². The van der Waals surface area contributed by atoms with Crippen molar-refractivity contribution in [2.45, 2.75) is 0 Å². The number of carbonyl (C=O) groups is 2. The number of amides is 2. The van der Waals surface area contributed by atoms with Crippen LogP contribution in [0.3, 0.4) is 0 Å². The quantitative estimate of drug-likeness (QED) is 0.681. The van der Waals surface area contributed by atoms with Crippen molar-refractivity contribution in [1.29, 1.82) is 0 Å². The van der Waals surface area contributed by atoms with Gasteiger partial charge in [-0.2, -0.15) is 0 Å². The first kappa shape index (κ1) is 18.6. The Balaban J connectivity index is 1.43. The summed E-state index contributed by atoms with van der Waals surface area (Å²) in [5.41, 5.74) is 0.0662. The van der Waals surface area contributed by atoms with Crippen molar-refractivity contribution < 1.29 is 19.8 Å². The predicted molar refractivity (Wildman–Crippen MR) is 96.5 cm³/mol. The summed E-state index contributed by atoms with van der Waals surface area (Å²) in [6.45, 7) is 3.38. The van der Waals surface area contributed by atoms with Gasteiger partial charge >= 0.3 is 0 Å². The van der Waals surface area contributed by atoms with Crippen molar-refractivity contribution in [2.24, 2.45) is 0 Å². The Kier molecular flexibility index (Phi) is 5.82. The molecule has 2 aromatic rings. The second-order valence-corrected chi connectivity index (χ2v) is 6.13. The summed E-state index contributed by atoms with van der Waals surface area (Å²) in [6, 6.07) is 5.98. The molecule has 0 aliphatic carbocycles. The molecule has 0 unspecified atom stereocenters. The zero-order valence-corrected chi connectivity index (χ0v) is 14.7. The molecule has 0 bridgehead atoms. The molecule has 0 atom stereocenters. The molecule has 0 aromatic carbocycles. The van der Waals surface area contributed by atoms with Gasteiger partial charge < -0.3 is 20.4 Å². The Morgan fingerprint density at radius 1 is 0.963 bits per heavy atom. The number of nitrogens with one attached hydrogen (secondary N) is 1. The van der Waals surface area contributed by atoms with E-state index in [9.17, 15) is 19.8 Å². The lowest BCUT2D eigenvalue weighted by Crippen LogP contribution is -2.50. The molecule has 2 amide bonds. The number of rotatable bonds is 5. The number of hydrogen-bond acceptors (Lipinski definition) is 7. The summed E-state index contributed by atoms with van der Waals surface area (Å²) in [6.07, 6.45) is 2.93. The van der Waals surface area contributed by atoms with Crippen LogP contribution >= 0.6 is 0 Å². The van der Waals surface area contributed by atoms with Crippen LogP contribution in [0.5, 0.6) is 11.5 Å². The lowest BCUT2D eigenvalue weighted by molar-refractivity contribution is 0.0629. The second kappa shape index (κ2) is 8.45. The smallest absolute Gasteiger partial charge is 0.276 e. The van der Waals surface area contributed by atoms with Crippen LogP contribution in [-0.2, 0) is 0 Å². The predicted octanol–water partition coefficient (Wildman–Crippen LogP) is 0.0756. The maximum atomic E-state index is 12.4.